The summed E-state index contributed by atoms with van der Waals surface area (Å²) in [7, 11) is 0. The lowest BCUT2D eigenvalue weighted by atomic mass is 9.92. The van der Waals surface area contributed by atoms with Crippen molar-refractivity contribution >= 4 is 23.4 Å². The summed E-state index contributed by atoms with van der Waals surface area (Å²) in [6.45, 7) is 11.5. The summed E-state index contributed by atoms with van der Waals surface area (Å²) in [5, 5.41) is 4.03. The summed E-state index contributed by atoms with van der Waals surface area (Å²) in [4.78, 5) is 16.8. The highest BCUT2D eigenvalue weighted by molar-refractivity contribution is 7.99. The van der Waals surface area contributed by atoms with E-state index in [2.05, 4.69) is 63.1 Å². The van der Waals surface area contributed by atoms with E-state index in [0.717, 1.165) is 17.4 Å². The molecule has 0 aliphatic rings. The van der Waals surface area contributed by atoms with Gasteiger partial charge in [-0.3, -0.25) is 4.79 Å². The lowest BCUT2D eigenvalue weighted by molar-refractivity contribution is -0.113. The van der Waals surface area contributed by atoms with Gasteiger partial charge in [-0.1, -0.05) is 57.7 Å². The fourth-order valence-corrected chi connectivity index (χ4v) is 3.50. The number of nitrogens with one attached hydrogen (secondary N) is 1. The highest BCUT2D eigenvalue weighted by Gasteiger charge is 2.16. The number of benzene rings is 1. The molecule has 1 aromatic carbocycles. The Kier molecular flexibility index (Phi) is 6.49. The van der Waals surface area contributed by atoms with E-state index >= 15 is 0 Å². The Bertz CT molecular complexity index is 665. The number of aryl methyl sites for hydroxylation is 1. The first-order valence-electron chi connectivity index (χ1n) is 8.50. The fraction of sp³-hybridized carbons (Fsp3) is 0.474. The van der Waals surface area contributed by atoms with E-state index in [1.807, 2.05) is 10.8 Å². The van der Waals surface area contributed by atoms with Crippen molar-refractivity contribution in [3.63, 3.8) is 0 Å². The van der Waals surface area contributed by atoms with Crippen molar-refractivity contribution < 1.29 is 4.79 Å². The smallest absolute Gasteiger partial charge is 0.234 e. The highest BCUT2D eigenvalue weighted by Crippen LogP contribution is 2.32. The number of rotatable bonds is 7. The maximum absolute atomic E-state index is 12.5. The molecule has 5 heteroatoms. The summed E-state index contributed by atoms with van der Waals surface area (Å²) >= 11 is 1.47. The molecular formula is C19H27N3OS. The Morgan fingerprint density at radius 3 is 2.38 bits per heavy atom. The quantitative estimate of drug-likeness (QED) is 0.728. The molecule has 0 saturated carbocycles. The van der Waals surface area contributed by atoms with E-state index in [9.17, 15) is 4.79 Å². The van der Waals surface area contributed by atoms with Crippen LogP contribution in [-0.4, -0.2) is 21.2 Å². The van der Waals surface area contributed by atoms with Gasteiger partial charge < -0.3 is 9.88 Å². The maximum Gasteiger partial charge on any atom is 0.234 e. The summed E-state index contributed by atoms with van der Waals surface area (Å²) < 4.78 is 2.04. The van der Waals surface area contributed by atoms with Crippen molar-refractivity contribution in [3.05, 3.63) is 41.7 Å². The monoisotopic (exact) mass is 345 g/mol. The lowest BCUT2D eigenvalue weighted by Crippen LogP contribution is -2.18. The second-order valence-corrected chi connectivity index (χ2v) is 7.40. The normalized spacial score (nSPS) is 11.3. The van der Waals surface area contributed by atoms with Crippen LogP contribution < -0.4 is 5.32 Å². The van der Waals surface area contributed by atoms with E-state index < -0.39 is 0 Å². The van der Waals surface area contributed by atoms with Gasteiger partial charge in [0, 0.05) is 24.6 Å². The highest BCUT2D eigenvalue weighted by atomic mass is 32.2. The zero-order valence-electron chi connectivity index (χ0n) is 15.2. The molecule has 24 heavy (non-hydrogen) atoms. The standard InChI is InChI=1S/C19H27N3OS/c1-6-22-11-10-20-19(22)24-12-17(23)21-18-15(13(2)3)8-7-9-16(18)14(4)5/h7-11,13-14H,6,12H2,1-5H3,(H,21,23). The number of hydrogen-bond donors (Lipinski definition) is 1. The fourth-order valence-electron chi connectivity index (χ4n) is 2.68. The zero-order chi connectivity index (χ0) is 17.7. The minimum atomic E-state index is 0.0145. The van der Waals surface area contributed by atoms with Crippen molar-refractivity contribution in [2.75, 3.05) is 11.1 Å². The van der Waals surface area contributed by atoms with Crippen LogP contribution in [0.15, 0.2) is 35.7 Å². The molecule has 0 fully saturated rings. The first-order valence-corrected chi connectivity index (χ1v) is 9.49. The van der Waals surface area contributed by atoms with E-state index in [1.165, 1.54) is 22.9 Å². The number of carbonyl (C=O) groups is 1. The average Bonchev–Trinajstić information content (AvgIpc) is 3.00. The van der Waals surface area contributed by atoms with Crippen molar-refractivity contribution in [3.8, 4) is 0 Å². The maximum atomic E-state index is 12.5. The summed E-state index contributed by atoms with van der Waals surface area (Å²) in [6, 6.07) is 6.28. The van der Waals surface area contributed by atoms with Crippen LogP contribution in [0.2, 0.25) is 0 Å². The molecule has 0 spiro atoms. The number of aromatic nitrogens is 2. The van der Waals surface area contributed by atoms with E-state index in [0.29, 0.717) is 17.6 Å². The van der Waals surface area contributed by atoms with Gasteiger partial charge in [-0.05, 0) is 29.9 Å². The van der Waals surface area contributed by atoms with Crippen molar-refractivity contribution in [1.29, 1.82) is 0 Å². The van der Waals surface area contributed by atoms with Crippen LogP contribution in [0.1, 0.15) is 57.6 Å². The Morgan fingerprint density at radius 1 is 1.21 bits per heavy atom. The number of para-hydroxylation sites is 1. The number of imidazole rings is 1. The van der Waals surface area contributed by atoms with Crippen molar-refractivity contribution in [1.82, 2.24) is 9.55 Å². The predicted molar refractivity (Wildman–Crippen MR) is 102 cm³/mol. The minimum Gasteiger partial charge on any atom is -0.326 e. The SMILES string of the molecule is CCn1ccnc1SCC(=O)Nc1c(C(C)C)cccc1C(C)C. The van der Waals surface area contributed by atoms with Gasteiger partial charge in [0.05, 0.1) is 5.75 Å². The summed E-state index contributed by atoms with van der Waals surface area (Å²) in [5.74, 6) is 1.11. The summed E-state index contributed by atoms with van der Waals surface area (Å²) in [6.07, 6.45) is 3.71. The molecule has 4 nitrogen and oxygen atoms in total. The predicted octanol–water partition coefficient (Wildman–Crippen LogP) is 4.88. The molecule has 1 N–H and O–H groups in total. The number of nitrogens with zero attached hydrogens (tertiary/aromatic N) is 2. The largest absolute Gasteiger partial charge is 0.326 e. The molecule has 0 aliphatic heterocycles. The second-order valence-electron chi connectivity index (χ2n) is 6.45. The third-order valence-electron chi connectivity index (χ3n) is 3.99. The number of thioether (sulfide) groups is 1. The van der Waals surface area contributed by atoms with Gasteiger partial charge in [0.15, 0.2) is 5.16 Å². The molecule has 1 heterocycles. The number of amides is 1. The minimum absolute atomic E-state index is 0.0145. The molecule has 0 saturated heterocycles. The summed E-state index contributed by atoms with van der Waals surface area (Å²) in [5.41, 5.74) is 3.36. The number of anilines is 1. The molecule has 0 radical (unpaired) electrons. The van der Waals surface area contributed by atoms with Crippen LogP contribution >= 0.6 is 11.8 Å². The third-order valence-corrected chi connectivity index (χ3v) is 4.99. The van der Waals surface area contributed by atoms with Crippen LogP contribution in [0, 0.1) is 0 Å². The zero-order valence-corrected chi connectivity index (χ0v) is 16.0. The number of hydrogen-bond acceptors (Lipinski definition) is 3. The Hall–Kier alpha value is -1.75. The van der Waals surface area contributed by atoms with Crippen LogP contribution in [0.4, 0.5) is 5.69 Å². The van der Waals surface area contributed by atoms with E-state index in [-0.39, 0.29) is 5.91 Å². The molecule has 0 unspecified atom stereocenters. The van der Waals surface area contributed by atoms with Crippen LogP contribution in [0.25, 0.3) is 0 Å². The van der Waals surface area contributed by atoms with Crippen LogP contribution in [-0.2, 0) is 11.3 Å². The topological polar surface area (TPSA) is 46.9 Å². The lowest BCUT2D eigenvalue weighted by Gasteiger charge is -2.20. The van der Waals surface area contributed by atoms with E-state index in [4.69, 9.17) is 0 Å². The first-order chi connectivity index (χ1) is 11.4. The molecule has 2 aromatic rings. The third kappa shape index (κ3) is 4.41. The Morgan fingerprint density at radius 2 is 1.83 bits per heavy atom. The molecule has 2 rings (SSSR count). The Labute approximate surface area is 149 Å². The molecule has 0 bridgehead atoms. The van der Waals surface area contributed by atoms with Gasteiger partial charge in [-0.15, -0.1) is 0 Å². The van der Waals surface area contributed by atoms with Crippen molar-refractivity contribution in [2.24, 2.45) is 0 Å². The molecule has 130 valence electrons. The molecule has 1 aromatic heterocycles. The molecule has 0 aliphatic carbocycles. The number of carbonyl (C=O) groups excluding carboxylic acids is 1. The van der Waals surface area contributed by atoms with E-state index in [1.54, 1.807) is 6.20 Å². The second kappa shape index (κ2) is 8.38. The van der Waals surface area contributed by atoms with Gasteiger partial charge >= 0.3 is 0 Å². The van der Waals surface area contributed by atoms with Gasteiger partial charge in [0.25, 0.3) is 0 Å². The van der Waals surface area contributed by atoms with Gasteiger partial charge in [-0.25, -0.2) is 4.98 Å². The average molecular weight is 346 g/mol. The van der Waals surface area contributed by atoms with Crippen LogP contribution in [0.3, 0.4) is 0 Å². The molecule has 0 atom stereocenters. The Balaban J connectivity index is 2.13. The molecular weight excluding hydrogens is 318 g/mol. The van der Waals surface area contributed by atoms with Gasteiger partial charge in [0.2, 0.25) is 5.91 Å². The van der Waals surface area contributed by atoms with Gasteiger partial charge in [-0.2, -0.15) is 0 Å². The first kappa shape index (κ1) is 18.6. The molecule has 1 amide bonds. The van der Waals surface area contributed by atoms with Gasteiger partial charge in [0.1, 0.15) is 0 Å². The van der Waals surface area contributed by atoms with Crippen molar-refractivity contribution in [2.45, 2.75) is 58.2 Å². The van der Waals surface area contributed by atoms with Crippen LogP contribution in [0.5, 0.6) is 0 Å².